The molecule has 3 N–H and O–H groups in total. The van der Waals surface area contributed by atoms with Gasteiger partial charge in [0, 0.05) is 21.8 Å². The van der Waals surface area contributed by atoms with Gasteiger partial charge in [-0.2, -0.15) is 0 Å². The molecule has 0 bridgehead atoms. The molecule has 4 nitrogen and oxygen atoms in total. The number of nitrogens with one attached hydrogen (secondary N) is 1. The van der Waals surface area contributed by atoms with Crippen LogP contribution in [0.2, 0.25) is 0 Å². The average Bonchev–Trinajstić information content (AvgIpc) is 2.76. The van der Waals surface area contributed by atoms with E-state index >= 15 is 0 Å². The van der Waals surface area contributed by atoms with E-state index in [9.17, 15) is 8.42 Å². The van der Waals surface area contributed by atoms with Crippen molar-refractivity contribution in [3.8, 4) is 0 Å². The van der Waals surface area contributed by atoms with Crippen LogP contribution in [0.25, 0.3) is 0 Å². The first-order chi connectivity index (χ1) is 8.99. The van der Waals surface area contributed by atoms with Gasteiger partial charge in [0.2, 0.25) is 0 Å². The summed E-state index contributed by atoms with van der Waals surface area (Å²) in [7, 11) is -2.88. The Labute approximate surface area is 119 Å². The minimum absolute atomic E-state index is 0.0809. The quantitative estimate of drug-likeness (QED) is 0.622. The zero-order chi connectivity index (χ0) is 13.9. The second-order valence-corrected chi connectivity index (χ2v) is 8.72. The highest BCUT2D eigenvalue weighted by molar-refractivity contribution is 7.90. The Morgan fingerprint density at radius 1 is 1.42 bits per heavy atom. The molecule has 0 saturated carbocycles. The summed E-state index contributed by atoms with van der Waals surface area (Å²) in [6.07, 6.45) is 7.60. The van der Waals surface area contributed by atoms with Gasteiger partial charge >= 0.3 is 0 Å². The van der Waals surface area contributed by atoms with Crippen LogP contribution in [-0.4, -0.2) is 20.4 Å². The third kappa shape index (κ3) is 4.27. The van der Waals surface area contributed by atoms with Crippen LogP contribution < -0.4 is 11.3 Å². The van der Waals surface area contributed by atoms with Crippen molar-refractivity contribution in [2.45, 2.75) is 44.6 Å². The van der Waals surface area contributed by atoms with Crippen LogP contribution in [0.1, 0.15) is 47.0 Å². The second kappa shape index (κ2) is 6.35. The fraction of sp³-hybridized carbons (Fsp3) is 0.692. The third-order valence-corrected chi connectivity index (χ3v) is 5.95. The van der Waals surface area contributed by atoms with Gasteiger partial charge < -0.3 is 0 Å². The zero-order valence-electron chi connectivity index (χ0n) is 11.3. The van der Waals surface area contributed by atoms with Crippen molar-refractivity contribution in [3.05, 3.63) is 21.4 Å². The molecule has 0 aromatic carbocycles. The summed E-state index contributed by atoms with van der Waals surface area (Å²) >= 11 is 1.83. The molecular formula is C13H22N2O2S2. The molecule has 0 amide bonds. The van der Waals surface area contributed by atoms with Gasteiger partial charge in [0.1, 0.15) is 9.84 Å². The molecule has 1 aromatic heterocycles. The van der Waals surface area contributed by atoms with Crippen LogP contribution in [0.15, 0.2) is 6.07 Å². The number of nitrogens with two attached hydrogens (primary N) is 1. The lowest BCUT2D eigenvalue weighted by Gasteiger charge is -2.13. The van der Waals surface area contributed by atoms with Gasteiger partial charge in [-0.25, -0.2) is 8.42 Å². The molecule has 1 aliphatic carbocycles. The number of rotatable bonds is 6. The van der Waals surface area contributed by atoms with E-state index in [0.717, 1.165) is 6.42 Å². The Balaban J connectivity index is 1.99. The summed E-state index contributed by atoms with van der Waals surface area (Å²) in [5, 5.41) is 0. The SMILES string of the molecule is CS(=O)(=O)CCCC(NN)c1cc2c(s1)CCCC2. The minimum Gasteiger partial charge on any atom is -0.271 e. The molecule has 0 radical (unpaired) electrons. The number of hydrogen-bond donors (Lipinski definition) is 2. The largest absolute Gasteiger partial charge is 0.271 e. The van der Waals surface area contributed by atoms with E-state index in [0.29, 0.717) is 6.42 Å². The molecule has 0 fully saturated rings. The molecule has 1 aromatic rings. The minimum atomic E-state index is -2.88. The van der Waals surface area contributed by atoms with Crippen molar-refractivity contribution in [2.24, 2.45) is 5.84 Å². The fourth-order valence-electron chi connectivity index (χ4n) is 2.54. The van der Waals surface area contributed by atoms with Crippen LogP contribution in [-0.2, 0) is 22.7 Å². The van der Waals surface area contributed by atoms with Crippen molar-refractivity contribution < 1.29 is 8.42 Å². The van der Waals surface area contributed by atoms with Crippen molar-refractivity contribution in [1.82, 2.24) is 5.43 Å². The first-order valence-corrected chi connectivity index (χ1v) is 9.62. The first-order valence-electron chi connectivity index (χ1n) is 6.75. The van der Waals surface area contributed by atoms with E-state index in [-0.39, 0.29) is 11.8 Å². The van der Waals surface area contributed by atoms with Gasteiger partial charge in [-0.1, -0.05) is 0 Å². The Bertz CT molecular complexity index is 499. The summed E-state index contributed by atoms with van der Waals surface area (Å²) < 4.78 is 22.3. The summed E-state index contributed by atoms with van der Waals surface area (Å²) in [5.74, 6) is 5.85. The highest BCUT2D eigenvalue weighted by Gasteiger charge is 2.18. The normalized spacial score (nSPS) is 17.2. The predicted octanol–water partition coefficient (Wildman–Crippen LogP) is 1.96. The van der Waals surface area contributed by atoms with Gasteiger partial charge in [-0.05, 0) is 50.2 Å². The Morgan fingerprint density at radius 3 is 2.79 bits per heavy atom. The number of aryl methyl sites for hydroxylation is 2. The Kier molecular flexibility index (Phi) is 5.00. The summed E-state index contributed by atoms with van der Waals surface area (Å²) in [5.41, 5.74) is 4.30. The molecular weight excluding hydrogens is 280 g/mol. The molecule has 0 spiro atoms. The van der Waals surface area contributed by atoms with E-state index < -0.39 is 9.84 Å². The van der Waals surface area contributed by atoms with E-state index in [2.05, 4.69) is 11.5 Å². The predicted molar refractivity (Wildman–Crippen MR) is 80.0 cm³/mol. The number of hydrogen-bond acceptors (Lipinski definition) is 5. The first kappa shape index (κ1) is 15.0. The fourth-order valence-corrected chi connectivity index (χ4v) is 4.59. The highest BCUT2D eigenvalue weighted by Crippen LogP contribution is 2.34. The van der Waals surface area contributed by atoms with Gasteiger partial charge in [0.05, 0.1) is 6.04 Å². The van der Waals surface area contributed by atoms with Gasteiger partial charge in [0.15, 0.2) is 0 Å². The zero-order valence-corrected chi connectivity index (χ0v) is 12.9. The van der Waals surface area contributed by atoms with E-state index in [1.807, 2.05) is 11.3 Å². The Morgan fingerprint density at radius 2 is 2.16 bits per heavy atom. The number of fused-ring (bicyclic) bond motifs is 1. The highest BCUT2D eigenvalue weighted by atomic mass is 32.2. The molecule has 0 saturated heterocycles. The Hall–Kier alpha value is -0.430. The summed E-state index contributed by atoms with van der Waals surface area (Å²) in [4.78, 5) is 2.74. The summed E-state index contributed by atoms with van der Waals surface area (Å²) in [6.45, 7) is 0. The van der Waals surface area contributed by atoms with Crippen LogP contribution in [0.3, 0.4) is 0 Å². The smallest absolute Gasteiger partial charge is 0.147 e. The molecule has 6 heteroatoms. The maximum absolute atomic E-state index is 11.1. The van der Waals surface area contributed by atoms with Crippen molar-refractivity contribution in [2.75, 3.05) is 12.0 Å². The van der Waals surface area contributed by atoms with Crippen LogP contribution in [0, 0.1) is 0 Å². The number of hydrazine groups is 1. The maximum Gasteiger partial charge on any atom is 0.147 e. The molecule has 1 heterocycles. The standard InChI is InChI=1S/C13H22N2O2S2/c1-19(16,17)8-4-6-11(15-14)13-9-10-5-2-3-7-12(10)18-13/h9,11,15H,2-8,14H2,1H3. The van der Waals surface area contributed by atoms with Gasteiger partial charge in [0.25, 0.3) is 0 Å². The van der Waals surface area contributed by atoms with E-state index in [4.69, 9.17) is 5.84 Å². The molecule has 108 valence electrons. The lowest BCUT2D eigenvalue weighted by atomic mass is 9.98. The van der Waals surface area contributed by atoms with Crippen LogP contribution >= 0.6 is 11.3 Å². The molecule has 1 unspecified atom stereocenters. The molecule has 1 atom stereocenters. The van der Waals surface area contributed by atoms with Crippen LogP contribution in [0.5, 0.6) is 0 Å². The maximum atomic E-state index is 11.1. The molecule has 19 heavy (non-hydrogen) atoms. The topological polar surface area (TPSA) is 72.2 Å². The van der Waals surface area contributed by atoms with Crippen molar-refractivity contribution in [3.63, 3.8) is 0 Å². The van der Waals surface area contributed by atoms with Crippen molar-refractivity contribution in [1.29, 1.82) is 0 Å². The summed E-state index contributed by atoms with van der Waals surface area (Å²) in [6, 6.07) is 2.33. The number of thiophene rings is 1. The average molecular weight is 302 g/mol. The molecule has 1 aliphatic rings. The van der Waals surface area contributed by atoms with Gasteiger partial charge in [-0.3, -0.25) is 11.3 Å². The third-order valence-electron chi connectivity index (χ3n) is 3.57. The molecule has 2 rings (SSSR count). The lowest BCUT2D eigenvalue weighted by molar-refractivity contribution is 0.514. The lowest BCUT2D eigenvalue weighted by Crippen LogP contribution is -2.27. The second-order valence-electron chi connectivity index (χ2n) is 5.30. The van der Waals surface area contributed by atoms with Gasteiger partial charge in [-0.15, -0.1) is 11.3 Å². The monoisotopic (exact) mass is 302 g/mol. The molecule has 0 aliphatic heterocycles. The van der Waals surface area contributed by atoms with Crippen LogP contribution in [0.4, 0.5) is 0 Å². The van der Waals surface area contributed by atoms with Crippen molar-refractivity contribution >= 4 is 21.2 Å². The van der Waals surface area contributed by atoms with E-state index in [1.165, 1.54) is 47.3 Å². The van der Waals surface area contributed by atoms with E-state index in [1.54, 1.807) is 0 Å². The number of sulfone groups is 1.